The molecule has 28 heavy (non-hydrogen) atoms. The molecule has 4 rings (SSSR count). The number of hydrogen-bond acceptors (Lipinski definition) is 5. The van der Waals surface area contributed by atoms with Crippen LogP contribution in [0, 0.1) is 11.6 Å². The summed E-state index contributed by atoms with van der Waals surface area (Å²) >= 11 is 0. The molecule has 3 heterocycles. The third kappa shape index (κ3) is 3.13. The summed E-state index contributed by atoms with van der Waals surface area (Å²) in [5.41, 5.74) is 2.17. The van der Waals surface area contributed by atoms with Gasteiger partial charge in [-0.15, -0.1) is 10.2 Å². The van der Waals surface area contributed by atoms with Crippen molar-refractivity contribution in [3.8, 4) is 22.5 Å². The lowest BCUT2D eigenvalue weighted by atomic mass is 10.1. The fraction of sp³-hybridized carbons (Fsp3) is 0.263. The van der Waals surface area contributed by atoms with Gasteiger partial charge in [-0.25, -0.2) is 8.78 Å². The van der Waals surface area contributed by atoms with Crippen molar-refractivity contribution in [1.82, 2.24) is 29.6 Å². The van der Waals surface area contributed by atoms with Crippen LogP contribution in [-0.2, 0) is 6.54 Å². The second kappa shape index (κ2) is 7.08. The average Bonchev–Trinajstić information content (AvgIpc) is 3.25. The van der Waals surface area contributed by atoms with E-state index in [1.165, 1.54) is 16.8 Å². The van der Waals surface area contributed by atoms with E-state index in [0.717, 1.165) is 6.07 Å². The van der Waals surface area contributed by atoms with Gasteiger partial charge in [-0.1, -0.05) is 13.8 Å². The number of hydrogen-bond donors (Lipinski definition) is 1. The fourth-order valence-electron chi connectivity index (χ4n) is 3.02. The van der Waals surface area contributed by atoms with Gasteiger partial charge in [0.2, 0.25) is 0 Å². The van der Waals surface area contributed by atoms with Gasteiger partial charge in [0.25, 0.3) is 0 Å². The molecule has 4 aromatic rings. The molecule has 1 N–H and O–H groups in total. The summed E-state index contributed by atoms with van der Waals surface area (Å²) in [4.78, 5) is 0. The first-order chi connectivity index (χ1) is 13.5. The maximum absolute atomic E-state index is 14.4. The van der Waals surface area contributed by atoms with Crippen LogP contribution in [0.5, 0.6) is 0 Å². The summed E-state index contributed by atoms with van der Waals surface area (Å²) < 4.78 is 30.9. The van der Waals surface area contributed by atoms with Crippen LogP contribution in [0.2, 0.25) is 0 Å². The molecule has 0 saturated heterocycles. The van der Waals surface area contributed by atoms with Gasteiger partial charge in [-0.2, -0.15) is 14.7 Å². The molecule has 0 saturated carbocycles. The van der Waals surface area contributed by atoms with Crippen molar-refractivity contribution in [2.45, 2.75) is 26.3 Å². The van der Waals surface area contributed by atoms with Crippen LogP contribution < -0.4 is 0 Å². The Balaban J connectivity index is 1.91. The minimum atomic E-state index is -0.719. The van der Waals surface area contributed by atoms with Gasteiger partial charge in [-0.05, 0) is 24.3 Å². The molecule has 0 amide bonds. The number of fused-ring (bicyclic) bond motifs is 1. The van der Waals surface area contributed by atoms with Gasteiger partial charge >= 0.3 is 0 Å². The van der Waals surface area contributed by atoms with Crippen LogP contribution in [0.25, 0.3) is 28.2 Å². The van der Waals surface area contributed by atoms with E-state index in [-0.39, 0.29) is 24.6 Å². The van der Waals surface area contributed by atoms with Crippen molar-refractivity contribution in [1.29, 1.82) is 0 Å². The quantitative estimate of drug-likeness (QED) is 0.572. The van der Waals surface area contributed by atoms with Crippen LogP contribution in [0.3, 0.4) is 0 Å². The van der Waals surface area contributed by atoms with Crippen molar-refractivity contribution in [3.63, 3.8) is 0 Å². The molecule has 0 aliphatic heterocycles. The van der Waals surface area contributed by atoms with Gasteiger partial charge < -0.3 is 5.11 Å². The number of halogens is 2. The van der Waals surface area contributed by atoms with Crippen LogP contribution >= 0.6 is 0 Å². The number of nitrogens with zero attached hydrogens (tertiary/aromatic N) is 6. The molecule has 0 bridgehead atoms. The van der Waals surface area contributed by atoms with Crippen LogP contribution in [0.15, 0.2) is 36.5 Å². The first-order valence-electron chi connectivity index (χ1n) is 8.84. The number of aliphatic hydroxyl groups is 1. The van der Waals surface area contributed by atoms with Crippen LogP contribution in [0.4, 0.5) is 8.78 Å². The summed E-state index contributed by atoms with van der Waals surface area (Å²) in [6, 6.07) is 6.86. The highest BCUT2D eigenvalue weighted by Crippen LogP contribution is 2.32. The topological polar surface area (TPSA) is 81.1 Å². The number of benzene rings is 1. The monoisotopic (exact) mass is 384 g/mol. The average molecular weight is 384 g/mol. The highest BCUT2D eigenvalue weighted by Gasteiger charge is 2.19. The van der Waals surface area contributed by atoms with Gasteiger partial charge in [0.15, 0.2) is 11.5 Å². The Hall–Kier alpha value is -3.20. The second-order valence-corrected chi connectivity index (χ2v) is 6.70. The van der Waals surface area contributed by atoms with Gasteiger partial charge in [0.1, 0.15) is 17.3 Å². The Morgan fingerprint density at radius 1 is 1.04 bits per heavy atom. The lowest BCUT2D eigenvalue weighted by Gasteiger charge is -2.06. The number of aliphatic hydroxyl groups excluding tert-OH is 1. The van der Waals surface area contributed by atoms with Crippen LogP contribution in [0.1, 0.15) is 25.6 Å². The maximum atomic E-state index is 14.4. The summed E-state index contributed by atoms with van der Waals surface area (Å²) in [7, 11) is 0. The van der Waals surface area contributed by atoms with Gasteiger partial charge in [0.05, 0.1) is 18.8 Å². The van der Waals surface area contributed by atoms with Crippen molar-refractivity contribution in [2.75, 3.05) is 6.61 Å². The zero-order chi connectivity index (χ0) is 19.8. The Kier molecular flexibility index (Phi) is 4.60. The lowest BCUT2D eigenvalue weighted by molar-refractivity contribution is 0.269. The Bertz CT molecular complexity index is 1150. The molecule has 0 fully saturated rings. The lowest BCUT2D eigenvalue weighted by Crippen LogP contribution is -2.02. The standard InChI is InChI=1S/C19H18F2N6O/c1-11(2)19-23-22-17-6-5-16(24-27(17)19)14-10-26(7-8-28)25-18(14)13-4-3-12(20)9-15(13)21/h3-6,9-11,28H,7-8H2,1-2H3. The first-order valence-corrected chi connectivity index (χ1v) is 8.84. The predicted molar refractivity (Wildman–Crippen MR) is 98.5 cm³/mol. The first kappa shape index (κ1) is 18.2. The molecular formula is C19H18F2N6O. The Morgan fingerprint density at radius 3 is 2.57 bits per heavy atom. The van der Waals surface area contributed by atoms with E-state index in [4.69, 9.17) is 0 Å². The largest absolute Gasteiger partial charge is 0.394 e. The molecular weight excluding hydrogens is 366 g/mol. The fourth-order valence-corrected chi connectivity index (χ4v) is 3.02. The minimum absolute atomic E-state index is 0.115. The Morgan fingerprint density at radius 2 is 1.86 bits per heavy atom. The van der Waals surface area contributed by atoms with E-state index in [2.05, 4.69) is 20.4 Å². The van der Waals surface area contributed by atoms with Gasteiger partial charge in [0, 0.05) is 29.3 Å². The third-order valence-electron chi connectivity index (χ3n) is 4.36. The predicted octanol–water partition coefficient (Wildman–Crippen LogP) is 3.05. The Labute approximate surface area is 159 Å². The molecule has 0 unspecified atom stereocenters. The molecule has 0 spiro atoms. The molecule has 1 aromatic carbocycles. The zero-order valence-corrected chi connectivity index (χ0v) is 15.3. The molecule has 0 radical (unpaired) electrons. The van der Waals surface area contributed by atoms with E-state index in [0.29, 0.717) is 28.4 Å². The minimum Gasteiger partial charge on any atom is -0.394 e. The molecule has 0 atom stereocenters. The van der Waals surface area contributed by atoms with Crippen molar-refractivity contribution in [3.05, 3.63) is 54.0 Å². The van der Waals surface area contributed by atoms with Crippen molar-refractivity contribution >= 4 is 5.65 Å². The van der Waals surface area contributed by atoms with E-state index in [1.54, 1.807) is 22.8 Å². The SMILES string of the molecule is CC(C)c1nnc2ccc(-c3cn(CCO)nc3-c3ccc(F)cc3F)nn12. The van der Waals surface area contributed by atoms with E-state index >= 15 is 0 Å². The molecule has 7 nitrogen and oxygen atoms in total. The summed E-state index contributed by atoms with van der Waals surface area (Å²) in [5.74, 6) is -0.565. The number of aromatic nitrogens is 6. The smallest absolute Gasteiger partial charge is 0.177 e. The molecule has 0 aliphatic rings. The van der Waals surface area contributed by atoms with E-state index in [1.807, 2.05) is 13.8 Å². The highest BCUT2D eigenvalue weighted by atomic mass is 19.1. The van der Waals surface area contributed by atoms with E-state index < -0.39 is 11.6 Å². The summed E-state index contributed by atoms with van der Waals surface area (Å²) in [5, 5.41) is 26.5. The second-order valence-electron chi connectivity index (χ2n) is 6.70. The van der Waals surface area contributed by atoms with Crippen molar-refractivity contribution < 1.29 is 13.9 Å². The van der Waals surface area contributed by atoms with Crippen molar-refractivity contribution in [2.24, 2.45) is 0 Å². The zero-order valence-electron chi connectivity index (χ0n) is 15.3. The molecule has 0 aliphatic carbocycles. The van der Waals surface area contributed by atoms with E-state index in [9.17, 15) is 13.9 Å². The van der Waals surface area contributed by atoms with Crippen LogP contribution in [-0.4, -0.2) is 41.3 Å². The summed E-state index contributed by atoms with van der Waals surface area (Å²) in [6.07, 6.45) is 1.68. The number of rotatable bonds is 5. The normalized spacial score (nSPS) is 11.6. The molecule has 3 aromatic heterocycles. The third-order valence-corrected chi connectivity index (χ3v) is 4.36. The van der Waals surface area contributed by atoms with Gasteiger partial charge in [-0.3, -0.25) is 4.68 Å². The highest BCUT2D eigenvalue weighted by molar-refractivity contribution is 5.79. The molecule has 9 heteroatoms. The molecule has 144 valence electrons. The summed E-state index contributed by atoms with van der Waals surface area (Å²) in [6.45, 7) is 4.09. The maximum Gasteiger partial charge on any atom is 0.177 e.